The quantitative estimate of drug-likeness (QED) is 0.497. The fourth-order valence-corrected chi connectivity index (χ4v) is 1.90. The van der Waals surface area contributed by atoms with Crippen molar-refractivity contribution < 1.29 is 19.1 Å². The average Bonchev–Trinajstić information content (AvgIpc) is 2.55. The Morgan fingerprint density at radius 2 is 1.73 bits per heavy atom. The van der Waals surface area contributed by atoms with Gasteiger partial charge in [0.1, 0.15) is 0 Å². The summed E-state index contributed by atoms with van der Waals surface area (Å²) in [5.74, 6) is -1.06. The maximum atomic E-state index is 11.8. The molecule has 5 nitrogen and oxygen atoms in total. The number of rotatable bonds is 6. The molecule has 0 aliphatic carbocycles. The van der Waals surface area contributed by atoms with Gasteiger partial charge in [-0.1, -0.05) is 30.3 Å². The van der Waals surface area contributed by atoms with Crippen molar-refractivity contribution in [2.24, 2.45) is 0 Å². The number of ether oxygens (including phenoxy) is 2. The van der Waals surface area contributed by atoms with Gasteiger partial charge >= 0.3 is 11.9 Å². The Balaban J connectivity index is 2.98. The third kappa shape index (κ3) is 5.09. The highest BCUT2D eigenvalue weighted by Crippen LogP contribution is 2.15. The third-order valence-electron chi connectivity index (χ3n) is 3.13. The molecule has 0 spiro atoms. The van der Waals surface area contributed by atoms with E-state index in [1.165, 1.54) is 26.4 Å². The molecule has 118 valence electrons. The third-order valence-corrected chi connectivity index (χ3v) is 3.13. The van der Waals surface area contributed by atoms with E-state index in [-0.39, 0.29) is 11.6 Å². The molecule has 0 aliphatic heterocycles. The van der Waals surface area contributed by atoms with Gasteiger partial charge in [0, 0.05) is 17.8 Å². The summed E-state index contributed by atoms with van der Waals surface area (Å²) >= 11 is 0. The largest absolute Gasteiger partial charge is 0.466 e. The molecular formula is C17H21NO4. The Morgan fingerprint density at radius 1 is 1.09 bits per heavy atom. The standard InChI is InChI=1S/C17H21NO4/c1-12(14-8-6-5-7-9-14)18-13(2)15(17(20)22-4)10-11-16(19)21-3/h5-12,18H,1-4H3/t12-/m1/s1. The zero-order valence-electron chi connectivity index (χ0n) is 13.3. The Kier molecular flexibility index (Phi) is 6.89. The Morgan fingerprint density at radius 3 is 2.27 bits per heavy atom. The Hall–Kier alpha value is -2.56. The number of hydrogen-bond acceptors (Lipinski definition) is 5. The lowest BCUT2D eigenvalue weighted by Gasteiger charge is -2.17. The van der Waals surface area contributed by atoms with Crippen LogP contribution in [-0.2, 0) is 19.1 Å². The minimum Gasteiger partial charge on any atom is -0.466 e. The van der Waals surface area contributed by atoms with Gasteiger partial charge < -0.3 is 14.8 Å². The molecule has 5 heteroatoms. The van der Waals surface area contributed by atoms with E-state index in [4.69, 9.17) is 4.74 Å². The van der Waals surface area contributed by atoms with Gasteiger partial charge in [-0.3, -0.25) is 0 Å². The summed E-state index contributed by atoms with van der Waals surface area (Å²) in [6.45, 7) is 3.74. The molecule has 0 bridgehead atoms. The van der Waals surface area contributed by atoms with Crippen LogP contribution in [-0.4, -0.2) is 26.2 Å². The van der Waals surface area contributed by atoms with Gasteiger partial charge in [0.2, 0.25) is 0 Å². The lowest BCUT2D eigenvalue weighted by molar-refractivity contribution is -0.135. The van der Waals surface area contributed by atoms with Gasteiger partial charge in [-0.2, -0.15) is 0 Å². The van der Waals surface area contributed by atoms with Crippen molar-refractivity contribution in [1.82, 2.24) is 5.32 Å². The summed E-state index contributed by atoms with van der Waals surface area (Å²) < 4.78 is 9.27. The number of allylic oxidation sites excluding steroid dienone is 1. The fraction of sp³-hybridized carbons (Fsp3) is 0.294. The maximum Gasteiger partial charge on any atom is 0.339 e. The lowest BCUT2D eigenvalue weighted by atomic mass is 10.1. The van der Waals surface area contributed by atoms with E-state index < -0.39 is 11.9 Å². The molecule has 1 rings (SSSR count). The minimum atomic E-state index is -0.537. The molecule has 0 aromatic heterocycles. The van der Waals surface area contributed by atoms with Gasteiger partial charge in [-0.25, -0.2) is 9.59 Å². The first-order chi connectivity index (χ1) is 10.5. The molecular weight excluding hydrogens is 282 g/mol. The van der Waals surface area contributed by atoms with Crippen LogP contribution in [0.25, 0.3) is 0 Å². The van der Waals surface area contributed by atoms with Crippen LogP contribution in [0.3, 0.4) is 0 Å². The Labute approximate surface area is 130 Å². The molecule has 0 heterocycles. The van der Waals surface area contributed by atoms with Gasteiger partial charge in [-0.15, -0.1) is 0 Å². The fourth-order valence-electron chi connectivity index (χ4n) is 1.90. The van der Waals surface area contributed by atoms with E-state index in [1.54, 1.807) is 6.92 Å². The summed E-state index contributed by atoms with van der Waals surface area (Å²) in [4.78, 5) is 23.0. The number of esters is 2. The van der Waals surface area contributed by atoms with Crippen molar-refractivity contribution >= 4 is 11.9 Å². The summed E-state index contributed by atoms with van der Waals surface area (Å²) in [6.07, 6.45) is 2.57. The monoisotopic (exact) mass is 303 g/mol. The van der Waals surface area contributed by atoms with E-state index in [9.17, 15) is 9.59 Å². The van der Waals surface area contributed by atoms with E-state index >= 15 is 0 Å². The first-order valence-electron chi connectivity index (χ1n) is 6.86. The van der Waals surface area contributed by atoms with Crippen LogP contribution in [0.4, 0.5) is 0 Å². The molecule has 0 saturated heterocycles. The predicted molar refractivity (Wildman–Crippen MR) is 83.9 cm³/mol. The highest BCUT2D eigenvalue weighted by molar-refractivity contribution is 5.94. The number of methoxy groups -OCH3 is 2. The second kappa shape index (κ2) is 8.67. The van der Waals surface area contributed by atoms with Crippen LogP contribution < -0.4 is 5.32 Å². The molecule has 0 saturated carbocycles. The molecule has 0 radical (unpaired) electrons. The topological polar surface area (TPSA) is 64.6 Å². The summed E-state index contributed by atoms with van der Waals surface area (Å²) in [7, 11) is 2.57. The van der Waals surface area contributed by atoms with Crippen molar-refractivity contribution in [3.05, 3.63) is 59.3 Å². The average molecular weight is 303 g/mol. The number of hydrogen-bond donors (Lipinski definition) is 1. The second-order valence-corrected chi connectivity index (χ2v) is 4.66. The number of carbonyl (C=O) groups excluding carboxylic acids is 2. The number of benzene rings is 1. The van der Waals surface area contributed by atoms with E-state index in [2.05, 4.69) is 10.1 Å². The molecule has 0 unspecified atom stereocenters. The number of carbonyl (C=O) groups is 2. The predicted octanol–water partition coefficient (Wildman–Crippen LogP) is 2.51. The van der Waals surface area contributed by atoms with Crippen LogP contribution in [0.5, 0.6) is 0 Å². The Bertz CT molecular complexity index is 576. The number of nitrogens with one attached hydrogen (secondary N) is 1. The van der Waals surface area contributed by atoms with Gasteiger partial charge in [0.25, 0.3) is 0 Å². The minimum absolute atomic E-state index is 0.00684. The maximum absolute atomic E-state index is 11.8. The van der Waals surface area contributed by atoms with Gasteiger partial charge in [0.15, 0.2) is 0 Å². The van der Waals surface area contributed by atoms with Crippen molar-refractivity contribution in [1.29, 1.82) is 0 Å². The van der Waals surface area contributed by atoms with E-state index in [0.29, 0.717) is 5.70 Å². The molecule has 1 aromatic rings. The molecule has 1 aromatic carbocycles. The van der Waals surface area contributed by atoms with Crippen molar-refractivity contribution in [3.63, 3.8) is 0 Å². The lowest BCUT2D eigenvalue weighted by Crippen LogP contribution is -2.20. The highest BCUT2D eigenvalue weighted by Gasteiger charge is 2.13. The second-order valence-electron chi connectivity index (χ2n) is 4.66. The molecule has 0 fully saturated rings. The first kappa shape index (κ1) is 17.5. The summed E-state index contributed by atoms with van der Waals surface area (Å²) in [5, 5.41) is 3.23. The van der Waals surface area contributed by atoms with E-state index in [0.717, 1.165) is 5.56 Å². The normalized spacial score (nSPS) is 13.3. The van der Waals surface area contributed by atoms with Crippen molar-refractivity contribution in [2.45, 2.75) is 19.9 Å². The zero-order valence-corrected chi connectivity index (χ0v) is 13.3. The first-order valence-corrected chi connectivity index (χ1v) is 6.86. The van der Waals surface area contributed by atoms with Crippen LogP contribution >= 0.6 is 0 Å². The van der Waals surface area contributed by atoms with Crippen LogP contribution in [0.15, 0.2) is 53.8 Å². The van der Waals surface area contributed by atoms with Crippen molar-refractivity contribution in [3.8, 4) is 0 Å². The summed E-state index contributed by atoms with van der Waals surface area (Å²) in [6, 6.07) is 9.83. The SMILES string of the molecule is COC(=O)C=CC(C(=O)OC)=C(C)N[C@H](C)c1ccccc1. The zero-order chi connectivity index (χ0) is 16.5. The van der Waals surface area contributed by atoms with Crippen LogP contribution in [0.2, 0.25) is 0 Å². The molecule has 0 aliphatic rings. The van der Waals surface area contributed by atoms with Crippen LogP contribution in [0.1, 0.15) is 25.5 Å². The van der Waals surface area contributed by atoms with Gasteiger partial charge in [0.05, 0.1) is 19.8 Å². The highest BCUT2D eigenvalue weighted by atomic mass is 16.5. The molecule has 1 atom stereocenters. The molecule has 0 amide bonds. The van der Waals surface area contributed by atoms with E-state index in [1.807, 2.05) is 37.3 Å². The van der Waals surface area contributed by atoms with Gasteiger partial charge in [-0.05, 0) is 25.5 Å². The molecule has 22 heavy (non-hydrogen) atoms. The van der Waals surface area contributed by atoms with Crippen molar-refractivity contribution in [2.75, 3.05) is 14.2 Å². The molecule has 1 N–H and O–H groups in total. The smallest absolute Gasteiger partial charge is 0.339 e. The van der Waals surface area contributed by atoms with Crippen LogP contribution in [0, 0.1) is 0 Å². The summed E-state index contributed by atoms with van der Waals surface area (Å²) in [5.41, 5.74) is 1.97.